The van der Waals surface area contributed by atoms with E-state index in [2.05, 4.69) is 15.4 Å². The molecule has 3 aromatic rings. The molecule has 4 rings (SSSR count). The number of ether oxygens (including phenoxy) is 1. The van der Waals surface area contributed by atoms with E-state index in [0.717, 1.165) is 12.1 Å². The number of alkyl halides is 3. The molecule has 0 aliphatic carbocycles. The summed E-state index contributed by atoms with van der Waals surface area (Å²) in [6.45, 7) is 2.18. The Morgan fingerprint density at radius 3 is 2.65 bits per heavy atom. The van der Waals surface area contributed by atoms with Gasteiger partial charge in [0, 0.05) is 30.4 Å². The molecule has 0 radical (unpaired) electrons. The average molecular weight is 433 g/mol. The zero-order valence-electron chi connectivity index (χ0n) is 16.2. The van der Waals surface area contributed by atoms with Gasteiger partial charge in [-0.15, -0.1) is 0 Å². The number of benzene rings is 1. The standard InChI is InChI=1S/C20H18F3N5O3/c21-20(22,23)17-3-1-2-16(25-17)19(30)24-14-4-5-15-13(10-14)11-28(26-15)12-18(29)27-6-8-31-9-7-27/h1-5,10-11H,6-9,12H2,(H,24,30). The van der Waals surface area contributed by atoms with E-state index in [1.807, 2.05) is 0 Å². The van der Waals surface area contributed by atoms with Crippen molar-refractivity contribution in [2.24, 2.45) is 0 Å². The number of nitrogens with zero attached hydrogens (tertiary/aromatic N) is 4. The first-order chi connectivity index (χ1) is 14.8. The van der Waals surface area contributed by atoms with E-state index in [4.69, 9.17) is 4.74 Å². The Morgan fingerprint density at radius 2 is 1.90 bits per heavy atom. The molecule has 11 heteroatoms. The molecule has 1 fully saturated rings. The first-order valence-electron chi connectivity index (χ1n) is 9.48. The topological polar surface area (TPSA) is 89.4 Å². The number of rotatable bonds is 4. The maximum atomic E-state index is 12.8. The van der Waals surface area contributed by atoms with Crippen LogP contribution >= 0.6 is 0 Å². The van der Waals surface area contributed by atoms with Crippen LogP contribution in [0.5, 0.6) is 0 Å². The number of amides is 2. The number of hydrogen-bond acceptors (Lipinski definition) is 5. The molecule has 0 atom stereocenters. The molecule has 31 heavy (non-hydrogen) atoms. The molecule has 0 unspecified atom stereocenters. The van der Waals surface area contributed by atoms with Crippen LogP contribution in [0.15, 0.2) is 42.6 Å². The fourth-order valence-electron chi connectivity index (χ4n) is 3.20. The van der Waals surface area contributed by atoms with E-state index in [0.29, 0.717) is 42.9 Å². The van der Waals surface area contributed by atoms with E-state index in [9.17, 15) is 22.8 Å². The van der Waals surface area contributed by atoms with Crippen molar-refractivity contribution in [1.29, 1.82) is 0 Å². The van der Waals surface area contributed by atoms with Crippen LogP contribution < -0.4 is 5.32 Å². The molecule has 1 aliphatic heterocycles. The van der Waals surface area contributed by atoms with Crippen molar-refractivity contribution in [2.45, 2.75) is 12.7 Å². The summed E-state index contributed by atoms with van der Waals surface area (Å²) < 4.78 is 45.2. The largest absolute Gasteiger partial charge is 0.433 e. The highest BCUT2D eigenvalue weighted by Crippen LogP contribution is 2.27. The van der Waals surface area contributed by atoms with Crippen LogP contribution in [-0.2, 0) is 22.3 Å². The zero-order chi connectivity index (χ0) is 22.0. The predicted molar refractivity (Wildman–Crippen MR) is 104 cm³/mol. The van der Waals surface area contributed by atoms with E-state index in [1.54, 1.807) is 29.3 Å². The van der Waals surface area contributed by atoms with E-state index in [-0.39, 0.29) is 18.1 Å². The number of fused-ring (bicyclic) bond motifs is 1. The van der Waals surface area contributed by atoms with E-state index in [1.165, 1.54) is 10.7 Å². The first kappa shape index (κ1) is 20.8. The lowest BCUT2D eigenvalue weighted by molar-refractivity contribution is -0.141. The third kappa shape index (κ3) is 4.82. The molecule has 2 amide bonds. The number of pyridine rings is 1. The second-order valence-electron chi connectivity index (χ2n) is 6.95. The minimum atomic E-state index is -4.64. The smallest absolute Gasteiger partial charge is 0.378 e. The number of hydrogen-bond donors (Lipinski definition) is 1. The lowest BCUT2D eigenvalue weighted by atomic mass is 10.2. The maximum Gasteiger partial charge on any atom is 0.433 e. The van der Waals surface area contributed by atoms with Crippen molar-refractivity contribution in [3.63, 3.8) is 0 Å². The van der Waals surface area contributed by atoms with Crippen LogP contribution in [0.2, 0.25) is 0 Å². The summed E-state index contributed by atoms with van der Waals surface area (Å²) in [4.78, 5) is 29.8. The summed E-state index contributed by atoms with van der Waals surface area (Å²) in [5.41, 5.74) is -0.496. The van der Waals surface area contributed by atoms with Crippen LogP contribution in [-0.4, -0.2) is 57.8 Å². The zero-order valence-corrected chi connectivity index (χ0v) is 16.2. The summed E-state index contributed by atoms with van der Waals surface area (Å²) in [6, 6.07) is 8.00. The number of anilines is 1. The number of morpholine rings is 1. The first-order valence-corrected chi connectivity index (χ1v) is 9.48. The van der Waals surface area contributed by atoms with Gasteiger partial charge in [0.15, 0.2) is 0 Å². The maximum absolute atomic E-state index is 12.8. The molecule has 3 heterocycles. The number of carbonyl (C=O) groups excluding carboxylic acids is 2. The van der Waals surface area contributed by atoms with Gasteiger partial charge in [-0.2, -0.15) is 18.3 Å². The monoisotopic (exact) mass is 433 g/mol. The molecule has 1 aromatic carbocycles. The van der Waals surface area contributed by atoms with Gasteiger partial charge >= 0.3 is 6.18 Å². The van der Waals surface area contributed by atoms with Crippen molar-refractivity contribution >= 4 is 28.4 Å². The van der Waals surface area contributed by atoms with Gasteiger partial charge in [0.1, 0.15) is 17.9 Å². The molecule has 0 spiro atoms. The van der Waals surface area contributed by atoms with Gasteiger partial charge in [0.2, 0.25) is 5.91 Å². The predicted octanol–water partition coefficient (Wildman–Crippen LogP) is 2.56. The van der Waals surface area contributed by atoms with Gasteiger partial charge in [-0.25, -0.2) is 4.98 Å². The van der Waals surface area contributed by atoms with Crippen LogP contribution in [0.1, 0.15) is 16.2 Å². The Morgan fingerprint density at radius 1 is 1.13 bits per heavy atom. The summed E-state index contributed by atoms with van der Waals surface area (Å²) in [5.74, 6) is -0.833. The normalized spacial score (nSPS) is 14.6. The van der Waals surface area contributed by atoms with Crippen molar-refractivity contribution in [2.75, 3.05) is 31.6 Å². The minimum absolute atomic E-state index is 0.0692. The minimum Gasteiger partial charge on any atom is -0.378 e. The van der Waals surface area contributed by atoms with Crippen molar-refractivity contribution < 1.29 is 27.5 Å². The van der Waals surface area contributed by atoms with Crippen molar-refractivity contribution in [3.05, 3.63) is 54.0 Å². The molecule has 1 aliphatic rings. The Labute approximate surface area is 174 Å². The summed E-state index contributed by atoms with van der Waals surface area (Å²) >= 11 is 0. The Kier molecular flexibility index (Phi) is 5.59. The van der Waals surface area contributed by atoms with Crippen molar-refractivity contribution in [3.8, 4) is 0 Å². The van der Waals surface area contributed by atoms with Gasteiger partial charge in [-0.1, -0.05) is 6.07 Å². The Hall–Kier alpha value is -3.47. The van der Waals surface area contributed by atoms with Crippen molar-refractivity contribution in [1.82, 2.24) is 19.7 Å². The van der Waals surface area contributed by atoms with E-state index >= 15 is 0 Å². The highest BCUT2D eigenvalue weighted by atomic mass is 19.4. The van der Waals surface area contributed by atoms with Gasteiger partial charge in [-0.05, 0) is 30.3 Å². The van der Waals surface area contributed by atoms with Gasteiger partial charge < -0.3 is 15.0 Å². The number of carbonyl (C=O) groups is 2. The molecule has 8 nitrogen and oxygen atoms in total. The lowest BCUT2D eigenvalue weighted by Crippen LogP contribution is -2.42. The SMILES string of the molecule is O=C(Nc1ccc2nn(CC(=O)N3CCOCC3)cc2c1)c1cccc(C(F)(F)F)n1. The molecule has 0 bridgehead atoms. The van der Waals surface area contributed by atoms with Gasteiger partial charge in [0.05, 0.1) is 18.7 Å². The third-order valence-electron chi connectivity index (χ3n) is 4.74. The highest BCUT2D eigenvalue weighted by molar-refractivity contribution is 6.03. The Balaban J connectivity index is 1.47. The van der Waals surface area contributed by atoms with Crippen LogP contribution in [0.3, 0.4) is 0 Å². The molecule has 2 aromatic heterocycles. The molecular weight excluding hydrogens is 415 g/mol. The molecule has 1 N–H and O–H groups in total. The number of aromatic nitrogens is 3. The highest BCUT2D eigenvalue weighted by Gasteiger charge is 2.33. The lowest BCUT2D eigenvalue weighted by Gasteiger charge is -2.26. The third-order valence-corrected chi connectivity index (χ3v) is 4.74. The molecular formula is C20H18F3N5O3. The molecule has 0 saturated carbocycles. The quantitative estimate of drug-likeness (QED) is 0.683. The second kappa shape index (κ2) is 8.34. The molecule has 162 valence electrons. The fourth-order valence-corrected chi connectivity index (χ4v) is 3.20. The van der Waals surface area contributed by atoms with Crippen LogP contribution in [0.25, 0.3) is 10.9 Å². The summed E-state index contributed by atoms with van der Waals surface area (Å²) in [6.07, 6.45) is -2.96. The molecule has 1 saturated heterocycles. The Bertz CT molecular complexity index is 1120. The average Bonchev–Trinajstić information content (AvgIpc) is 3.15. The fraction of sp³-hybridized carbons (Fsp3) is 0.300. The van der Waals surface area contributed by atoms with Gasteiger partial charge in [0.25, 0.3) is 5.91 Å². The summed E-state index contributed by atoms with van der Waals surface area (Å²) in [5, 5.41) is 7.56. The van der Waals surface area contributed by atoms with E-state index < -0.39 is 17.8 Å². The second-order valence-corrected chi connectivity index (χ2v) is 6.95. The number of nitrogens with one attached hydrogen (secondary N) is 1. The summed E-state index contributed by atoms with van der Waals surface area (Å²) in [7, 11) is 0. The van der Waals surface area contributed by atoms with Crippen LogP contribution in [0.4, 0.5) is 18.9 Å². The van der Waals surface area contributed by atoms with Crippen LogP contribution in [0, 0.1) is 0 Å². The number of halogens is 3. The van der Waals surface area contributed by atoms with Gasteiger partial charge in [-0.3, -0.25) is 14.3 Å².